The Morgan fingerprint density at radius 1 is 1.27 bits per heavy atom. The molecular weight excluding hydrogens is 302 g/mol. The van der Waals surface area contributed by atoms with E-state index in [-0.39, 0.29) is 0 Å². The molecule has 0 heterocycles. The van der Waals surface area contributed by atoms with Crippen LogP contribution >= 0.6 is 11.8 Å². The van der Waals surface area contributed by atoms with Gasteiger partial charge in [-0.2, -0.15) is 11.8 Å². The fourth-order valence-corrected chi connectivity index (χ4v) is 2.73. The first kappa shape index (κ1) is 16.3. The lowest BCUT2D eigenvalue weighted by molar-refractivity contribution is -0.142. The van der Waals surface area contributed by atoms with Crippen LogP contribution in [0.4, 0.5) is 0 Å². The van der Waals surface area contributed by atoms with E-state index in [0.717, 1.165) is 5.75 Å². The number of allylic oxidation sites excluding steroid dienone is 1. The van der Waals surface area contributed by atoms with Crippen LogP contribution in [0.2, 0.25) is 0 Å². The molecule has 1 aromatic rings. The second kappa shape index (κ2) is 7.26. The molecule has 0 unspecified atom stereocenters. The van der Waals surface area contributed by atoms with E-state index in [2.05, 4.69) is 5.32 Å². The Morgan fingerprint density at radius 3 is 2.59 bits per heavy atom. The van der Waals surface area contributed by atoms with E-state index < -0.39 is 23.6 Å². The smallest absolute Gasteiger partial charge is 0.328 e. The van der Waals surface area contributed by atoms with Gasteiger partial charge in [0.1, 0.15) is 6.04 Å². The van der Waals surface area contributed by atoms with Gasteiger partial charge >= 0.3 is 5.97 Å². The zero-order valence-electron chi connectivity index (χ0n) is 12.4. The lowest BCUT2D eigenvalue weighted by atomic mass is 9.92. The summed E-state index contributed by atoms with van der Waals surface area (Å²) in [5.74, 6) is -0.736. The van der Waals surface area contributed by atoms with Crippen LogP contribution in [0.3, 0.4) is 0 Å². The quantitative estimate of drug-likeness (QED) is 0.635. The Hall–Kier alpha value is -2.08. The van der Waals surface area contributed by atoms with Crippen LogP contribution in [0.1, 0.15) is 22.3 Å². The molecule has 1 aliphatic rings. The number of Topliss-reactive ketones (excluding diaryl/α,β-unsaturated/α-hetero) is 1. The Bertz CT molecular complexity index is 639. The molecule has 22 heavy (non-hydrogen) atoms. The van der Waals surface area contributed by atoms with Gasteiger partial charge in [-0.05, 0) is 18.4 Å². The summed E-state index contributed by atoms with van der Waals surface area (Å²) in [5.41, 5.74) is 1.47. The Kier molecular flexibility index (Phi) is 5.38. The molecule has 0 spiro atoms. The van der Waals surface area contributed by atoms with Crippen LogP contribution in [-0.2, 0) is 14.3 Å². The average Bonchev–Trinajstić information content (AvgIpc) is 2.55. The molecule has 0 fully saturated rings. The second-order valence-corrected chi connectivity index (χ2v) is 5.78. The van der Waals surface area contributed by atoms with Crippen LogP contribution in [0.5, 0.6) is 0 Å². The van der Waals surface area contributed by atoms with Crippen LogP contribution in [0, 0.1) is 0 Å². The first-order valence-corrected chi connectivity index (χ1v) is 8.21. The molecule has 0 amide bonds. The predicted octanol–water partition coefficient (Wildman–Crippen LogP) is 1.68. The number of hydrogen-bond donors (Lipinski definition) is 1. The number of benzene rings is 1. The van der Waals surface area contributed by atoms with Crippen LogP contribution in [0.25, 0.3) is 5.70 Å². The molecule has 5 nitrogen and oxygen atoms in total. The highest BCUT2D eigenvalue weighted by Crippen LogP contribution is 2.24. The van der Waals surface area contributed by atoms with Gasteiger partial charge in [-0.25, -0.2) is 4.79 Å². The highest BCUT2D eigenvalue weighted by molar-refractivity contribution is 7.98. The van der Waals surface area contributed by atoms with E-state index in [1.54, 1.807) is 36.0 Å². The molecule has 0 saturated heterocycles. The van der Waals surface area contributed by atoms with Gasteiger partial charge in [0.15, 0.2) is 0 Å². The summed E-state index contributed by atoms with van der Waals surface area (Å²) < 4.78 is 4.80. The van der Waals surface area contributed by atoms with Gasteiger partial charge in [-0.3, -0.25) is 9.59 Å². The number of rotatable bonds is 6. The maximum Gasteiger partial charge on any atom is 0.328 e. The fraction of sp³-hybridized carbons (Fsp3) is 0.312. The van der Waals surface area contributed by atoms with Gasteiger partial charge in [0.2, 0.25) is 11.6 Å². The first-order chi connectivity index (χ1) is 10.6. The van der Waals surface area contributed by atoms with Crippen molar-refractivity contribution in [2.24, 2.45) is 0 Å². The second-order valence-electron chi connectivity index (χ2n) is 4.80. The molecule has 1 aliphatic carbocycles. The SMILES string of the molecule is COC(=O)[C@H](CCSC)NC1=CC(=O)C(=O)c2ccccc21. The Morgan fingerprint density at radius 2 is 1.95 bits per heavy atom. The van der Waals surface area contributed by atoms with Gasteiger partial charge in [-0.1, -0.05) is 24.3 Å². The van der Waals surface area contributed by atoms with E-state index in [4.69, 9.17) is 4.74 Å². The number of esters is 1. The average molecular weight is 319 g/mol. The third-order valence-corrected chi connectivity index (χ3v) is 4.03. The van der Waals surface area contributed by atoms with E-state index in [0.29, 0.717) is 23.2 Å². The summed E-state index contributed by atoms with van der Waals surface area (Å²) in [5, 5.41) is 3.05. The standard InChI is InChI=1S/C16H17NO4S/c1-21-16(20)12(7-8-22-2)17-13-9-14(18)15(19)11-6-4-3-5-10(11)13/h3-6,9,12,17H,7-8H2,1-2H3/t12-/m0/s1. The van der Waals surface area contributed by atoms with Crippen LogP contribution < -0.4 is 5.32 Å². The van der Waals surface area contributed by atoms with Crippen molar-refractivity contribution >= 4 is 35.0 Å². The predicted molar refractivity (Wildman–Crippen MR) is 85.7 cm³/mol. The van der Waals surface area contributed by atoms with Crippen molar-refractivity contribution in [3.8, 4) is 0 Å². The van der Waals surface area contributed by atoms with Crippen LogP contribution in [-0.4, -0.2) is 42.7 Å². The molecule has 2 rings (SSSR count). The molecular formula is C16H17NO4S. The molecule has 1 atom stereocenters. The van der Waals surface area contributed by atoms with Crippen molar-refractivity contribution in [3.63, 3.8) is 0 Å². The van der Waals surface area contributed by atoms with Gasteiger partial charge in [0.05, 0.1) is 7.11 Å². The topological polar surface area (TPSA) is 72.5 Å². The van der Waals surface area contributed by atoms with Crippen LogP contribution in [0.15, 0.2) is 30.3 Å². The summed E-state index contributed by atoms with van der Waals surface area (Å²) in [6.07, 6.45) is 3.76. The van der Waals surface area contributed by atoms with Crippen molar-refractivity contribution < 1.29 is 19.1 Å². The van der Waals surface area contributed by atoms with Gasteiger partial charge < -0.3 is 10.1 Å². The summed E-state index contributed by atoms with van der Waals surface area (Å²) in [7, 11) is 1.33. The number of ketones is 2. The summed E-state index contributed by atoms with van der Waals surface area (Å²) in [6, 6.07) is 6.30. The van der Waals surface area contributed by atoms with Gasteiger partial charge in [0, 0.05) is 22.9 Å². The fourth-order valence-electron chi connectivity index (χ4n) is 2.26. The highest BCUT2D eigenvalue weighted by Gasteiger charge is 2.28. The van der Waals surface area contributed by atoms with Gasteiger partial charge in [-0.15, -0.1) is 0 Å². The van der Waals surface area contributed by atoms with Crippen molar-refractivity contribution in [1.82, 2.24) is 5.32 Å². The maximum atomic E-state index is 11.9. The monoisotopic (exact) mass is 319 g/mol. The van der Waals surface area contributed by atoms with E-state index in [1.807, 2.05) is 6.26 Å². The van der Waals surface area contributed by atoms with E-state index in [9.17, 15) is 14.4 Å². The molecule has 0 bridgehead atoms. The summed E-state index contributed by atoms with van der Waals surface area (Å²) >= 11 is 1.62. The molecule has 0 saturated carbocycles. The van der Waals surface area contributed by atoms with E-state index >= 15 is 0 Å². The van der Waals surface area contributed by atoms with Crippen molar-refractivity contribution in [2.45, 2.75) is 12.5 Å². The zero-order chi connectivity index (χ0) is 16.1. The Balaban J connectivity index is 2.30. The number of thioether (sulfide) groups is 1. The molecule has 0 aromatic heterocycles. The summed E-state index contributed by atoms with van der Waals surface area (Å²) in [4.78, 5) is 35.6. The van der Waals surface area contributed by atoms with Gasteiger partial charge in [0.25, 0.3) is 0 Å². The number of carbonyl (C=O) groups excluding carboxylic acids is 3. The molecule has 6 heteroatoms. The van der Waals surface area contributed by atoms with Crippen molar-refractivity contribution in [3.05, 3.63) is 41.5 Å². The number of ether oxygens (including phenoxy) is 1. The normalized spacial score (nSPS) is 14.9. The third kappa shape index (κ3) is 3.39. The summed E-state index contributed by atoms with van der Waals surface area (Å²) in [6.45, 7) is 0. The first-order valence-electron chi connectivity index (χ1n) is 6.81. The number of fused-ring (bicyclic) bond motifs is 1. The molecule has 0 aliphatic heterocycles. The number of methoxy groups -OCH3 is 1. The molecule has 1 N–H and O–H groups in total. The largest absolute Gasteiger partial charge is 0.467 e. The van der Waals surface area contributed by atoms with Crippen molar-refractivity contribution in [2.75, 3.05) is 19.1 Å². The molecule has 116 valence electrons. The minimum atomic E-state index is -0.588. The van der Waals surface area contributed by atoms with E-state index in [1.165, 1.54) is 13.2 Å². The minimum absolute atomic E-state index is 0.353. The number of carbonyl (C=O) groups is 3. The highest BCUT2D eigenvalue weighted by atomic mass is 32.2. The zero-order valence-corrected chi connectivity index (χ0v) is 13.2. The lowest BCUT2D eigenvalue weighted by Gasteiger charge is -2.22. The Labute approximate surface area is 133 Å². The lowest BCUT2D eigenvalue weighted by Crippen LogP contribution is -2.38. The van der Waals surface area contributed by atoms with Crippen molar-refractivity contribution in [1.29, 1.82) is 0 Å². The minimum Gasteiger partial charge on any atom is -0.467 e. The molecule has 0 radical (unpaired) electrons. The maximum absolute atomic E-state index is 11.9. The number of nitrogens with one attached hydrogen (secondary N) is 1. The number of hydrogen-bond acceptors (Lipinski definition) is 6. The third-order valence-electron chi connectivity index (χ3n) is 3.39. The molecule has 1 aromatic carbocycles.